The first-order chi connectivity index (χ1) is 12.5. The molecule has 142 valence electrons. The fraction of sp³-hybridized carbons (Fsp3) is 0.579. The van der Waals surface area contributed by atoms with Crippen LogP contribution in [0.3, 0.4) is 0 Å². The van der Waals surface area contributed by atoms with Crippen LogP contribution in [0, 0.1) is 5.92 Å². The van der Waals surface area contributed by atoms with Gasteiger partial charge >= 0.3 is 0 Å². The van der Waals surface area contributed by atoms with Gasteiger partial charge in [-0.25, -0.2) is 9.97 Å². The summed E-state index contributed by atoms with van der Waals surface area (Å²) in [5.74, 6) is 0.693. The van der Waals surface area contributed by atoms with Crippen LogP contribution in [0.15, 0.2) is 11.6 Å². The van der Waals surface area contributed by atoms with Crippen molar-refractivity contribution in [3.05, 3.63) is 22.1 Å². The Morgan fingerprint density at radius 3 is 2.46 bits per heavy atom. The first kappa shape index (κ1) is 20.7. The van der Waals surface area contributed by atoms with Crippen molar-refractivity contribution in [2.45, 2.75) is 58.8 Å². The lowest BCUT2D eigenvalue weighted by atomic mass is 10.0. The Bertz CT molecular complexity index is 708. The van der Waals surface area contributed by atoms with Crippen molar-refractivity contribution in [3.63, 3.8) is 0 Å². The molecule has 0 radical (unpaired) electrons. The zero-order valence-electron chi connectivity index (χ0n) is 15.7. The number of thiazole rings is 2. The zero-order chi connectivity index (χ0) is 18.9. The number of nitrogens with zero attached hydrogens (tertiary/aromatic N) is 2. The molecule has 0 aliphatic rings. The zero-order valence-corrected chi connectivity index (χ0v) is 17.3. The van der Waals surface area contributed by atoms with Gasteiger partial charge < -0.3 is 5.32 Å². The number of unbranched alkanes of at least 4 members (excludes halogenated alkanes) is 3. The predicted octanol–water partition coefficient (Wildman–Crippen LogP) is 4.73. The van der Waals surface area contributed by atoms with Crippen molar-refractivity contribution < 1.29 is 9.59 Å². The minimum Gasteiger partial charge on any atom is -0.359 e. The molecule has 0 unspecified atom stereocenters. The van der Waals surface area contributed by atoms with Crippen LogP contribution in [0.5, 0.6) is 0 Å². The van der Waals surface area contributed by atoms with Gasteiger partial charge in [0.1, 0.15) is 5.69 Å². The highest BCUT2D eigenvalue weighted by Crippen LogP contribution is 2.31. The van der Waals surface area contributed by atoms with Gasteiger partial charge in [0.05, 0.1) is 0 Å². The number of amides is 1. The number of nitrogens with one attached hydrogen (secondary N) is 1. The van der Waals surface area contributed by atoms with Gasteiger partial charge in [-0.3, -0.25) is 9.59 Å². The Labute approximate surface area is 163 Å². The lowest BCUT2D eigenvalue weighted by Gasteiger charge is -2.05. The number of hydrogen-bond acceptors (Lipinski definition) is 6. The van der Waals surface area contributed by atoms with E-state index in [9.17, 15) is 9.59 Å². The summed E-state index contributed by atoms with van der Waals surface area (Å²) >= 11 is 3.15. The summed E-state index contributed by atoms with van der Waals surface area (Å²) in [6.07, 6.45) is 7.38. The van der Waals surface area contributed by atoms with Crippen molar-refractivity contribution in [1.29, 1.82) is 0 Å². The van der Waals surface area contributed by atoms with Crippen LogP contribution in [0.25, 0.3) is 10.0 Å². The molecule has 26 heavy (non-hydrogen) atoms. The van der Waals surface area contributed by atoms with E-state index in [0.29, 0.717) is 24.5 Å². The summed E-state index contributed by atoms with van der Waals surface area (Å²) in [7, 11) is 1.66. The molecule has 2 heterocycles. The molecule has 0 fully saturated rings. The van der Waals surface area contributed by atoms with E-state index in [1.807, 2.05) is 5.38 Å². The average Bonchev–Trinajstić information content (AvgIpc) is 3.26. The van der Waals surface area contributed by atoms with Crippen molar-refractivity contribution in [2.24, 2.45) is 5.92 Å². The highest BCUT2D eigenvalue weighted by Gasteiger charge is 2.20. The molecule has 5 nitrogen and oxygen atoms in total. The molecule has 0 bridgehead atoms. The molecule has 7 heteroatoms. The van der Waals surface area contributed by atoms with E-state index in [1.165, 1.54) is 0 Å². The normalized spacial score (nSPS) is 11.1. The van der Waals surface area contributed by atoms with Crippen LogP contribution in [-0.2, 0) is 11.2 Å². The minimum atomic E-state index is 0.0802. The van der Waals surface area contributed by atoms with Gasteiger partial charge in [0.15, 0.2) is 15.8 Å². The third-order valence-electron chi connectivity index (χ3n) is 4.01. The Morgan fingerprint density at radius 2 is 1.85 bits per heavy atom. The maximum atomic E-state index is 12.7. The second-order valence-electron chi connectivity index (χ2n) is 6.74. The van der Waals surface area contributed by atoms with Gasteiger partial charge in [-0.1, -0.05) is 26.7 Å². The van der Waals surface area contributed by atoms with E-state index >= 15 is 0 Å². The number of aromatic nitrogens is 2. The van der Waals surface area contributed by atoms with Crippen LogP contribution < -0.4 is 5.32 Å². The topological polar surface area (TPSA) is 72.0 Å². The van der Waals surface area contributed by atoms with E-state index in [4.69, 9.17) is 0 Å². The number of carbonyl (C=O) groups excluding carboxylic acids is 2. The monoisotopic (exact) mass is 393 g/mol. The van der Waals surface area contributed by atoms with Crippen molar-refractivity contribution >= 4 is 34.4 Å². The Morgan fingerprint density at radius 1 is 1.12 bits per heavy atom. The molecular weight excluding hydrogens is 366 g/mol. The molecule has 1 N–H and O–H groups in total. The SMILES string of the molecule is CNC(=O)CCCCCCC(=O)c1nc(-c2nccs2)sc1CC(C)C. The molecule has 2 aromatic heterocycles. The summed E-state index contributed by atoms with van der Waals surface area (Å²) in [6, 6.07) is 0. The standard InChI is InChI=1S/C19H27N3O2S2/c1-13(2)12-15-17(22-19(26-15)18-21-10-11-25-18)14(23)8-6-4-5-7-9-16(24)20-3/h10-11,13H,4-9,12H2,1-3H3,(H,20,24). The summed E-state index contributed by atoms with van der Waals surface area (Å²) in [4.78, 5) is 33.9. The van der Waals surface area contributed by atoms with Crippen molar-refractivity contribution in [3.8, 4) is 10.0 Å². The van der Waals surface area contributed by atoms with Gasteiger partial charge in [-0.05, 0) is 25.2 Å². The number of hydrogen-bond donors (Lipinski definition) is 1. The van der Waals surface area contributed by atoms with Crippen molar-refractivity contribution in [2.75, 3.05) is 7.05 Å². The van der Waals surface area contributed by atoms with Gasteiger partial charge in [-0.2, -0.15) is 0 Å². The molecule has 2 aromatic rings. The molecule has 0 saturated heterocycles. The highest BCUT2D eigenvalue weighted by molar-refractivity contribution is 7.20. The lowest BCUT2D eigenvalue weighted by Crippen LogP contribution is -2.16. The Balaban J connectivity index is 1.91. The van der Waals surface area contributed by atoms with Crippen LogP contribution in [-0.4, -0.2) is 28.7 Å². The second kappa shape index (κ2) is 10.5. The summed E-state index contributed by atoms with van der Waals surface area (Å²) < 4.78 is 0. The molecule has 0 saturated carbocycles. The largest absolute Gasteiger partial charge is 0.359 e. The number of rotatable bonds is 11. The summed E-state index contributed by atoms with van der Waals surface area (Å²) in [6.45, 7) is 4.31. The maximum absolute atomic E-state index is 12.7. The third kappa shape index (κ3) is 6.29. The van der Waals surface area contributed by atoms with E-state index in [1.54, 1.807) is 35.9 Å². The molecule has 2 rings (SSSR count). The molecule has 0 aromatic carbocycles. The second-order valence-corrected chi connectivity index (χ2v) is 8.71. The van der Waals surface area contributed by atoms with E-state index in [2.05, 4.69) is 29.1 Å². The predicted molar refractivity (Wildman–Crippen MR) is 108 cm³/mol. The molecule has 1 amide bonds. The average molecular weight is 394 g/mol. The van der Waals surface area contributed by atoms with Gasteiger partial charge in [-0.15, -0.1) is 22.7 Å². The lowest BCUT2D eigenvalue weighted by molar-refractivity contribution is -0.120. The Kier molecular flexibility index (Phi) is 8.38. The van der Waals surface area contributed by atoms with Crippen LogP contribution in [0.4, 0.5) is 0 Å². The first-order valence-corrected chi connectivity index (χ1v) is 10.8. The van der Waals surface area contributed by atoms with E-state index in [0.717, 1.165) is 47.0 Å². The summed E-state index contributed by atoms with van der Waals surface area (Å²) in [5, 5.41) is 6.29. The quantitative estimate of drug-likeness (QED) is 0.442. The molecular formula is C19H27N3O2S2. The minimum absolute atomic E-state index is 0.0802. The Hall–Kier alpha value is -1.60. The van der Waals surface area contributed by atoms with Gasteiger partial charge in [0.2, 0.25) is 5.91 Å². The fourth-order valence-corrected chi connectivity index (χ4v) is 4.64. The van der Waals surface area contributed by atoms with Gasteiger partial charge in [0, 0.05) is 36.3 Å². The third-order valence-corrected chi connectivity index (χ3v) is 6.00. The van der Waals surface area contributed by atoms with E-state index < -0.39 is 0 Å². The van der Waals surface area contributed by atoms with Crippen LogP contribution >= 0.6 is 22.7 Å². The molecule has 0 aliphatic heterocycles. The molecule has 0 spiro atoms. The number of carbonyl (C=O) groups is 2. The van der Waals surface area contributed by atoms with E-state index in [-0.39, 0.29) is 11.7 Å². The number of Topliss-reactive ketones (excluding diaryl/α,β-unsaturated/α-hetero) is 1. The van der Waals surface area contributed by atoms with Gasteiger partial charge in [0.25, 0.3) is 0 Å². The molecule has 0 atom stereocenters. The summed E-state index contributed by atoms with van der Waals surface area (Å²) in [5.41, 5.74) is 0.638. The maximum Gasteiger partial charge on any atom is 0.219 e. The van der Waals surface area contributed by atoms with Crippen LogP contribution in [0.2, 0.25) is 0 Å². The van der Waals surface area contributed by atoms with Crippen molar-refractivity contribution in [1.82, 2.24) is 15.3 Å². The smallest absolute Gasteiger partial charge is 0.219 e. The number of ketones is 1. The van der Waals surface area contributed by atoms with Crippen LogP contribution in [0.1, 0.15) is 67.7 Å². The molecule has 0 aliphatic carbocycles. The first-order valence-electron chi connectivity index (χ1n) is 9.14. The fourth-order valence-electron chi connectivity index (χ4n) is 2.67. The highest BCUT2D eigenvalue weighted by atomic mass is 32.1.